The van der Waals surface area contributed by atoms with Crippen LogP contribution in [0.5, 0.6) is 0 Å². The van der Waals surface area contributed by atoms with Crippen molar-refractivity contribution in [3.63, 3.8) is 0 Å². The second-order valence-corrected chi connectivity index (χ2v) is 8.39. The molecule has 1 amide bonds. The standard InChI is InChI=1S/C18H25N5O2S/c1-13-7-6-10-22(12-13)18-20-23-14(11-15(24)19-17(23)26-18)16(25)21-8-4-2-3-5-9-21/h11,13H,2-10,12H2,1H3/t13-/m0/s1. The molecule has 7 nitrogen and oxygen atoms in total. The molecule has 2 fully saturated rings. The van der Waals surface area contributed by atoms with Crippen LogP contribution in [0.2, 0.25) is 0 Å². The van der Waals surface area contributed by atoms with Crippen molar-refractivity contribution in [1.82, 2.24) is 19.5 Å². The molecular formula is C18H25N5O2S. The van der Waals surface area contributed by atoms with Gasteiger partial charge in [0.2, 0.25) is 10.1 Å². The summed E-state index contributed by atoms with van der Waals surface area (Å²) >= 11 is 1.40. The van der Waals surface area contributed by atoms with Gasteiger partial charge in [0, 0.05) is 32.2 Å². The maximum absolute atomic E-state index is 13.0. The molecule has 2 saturated heterocycles. The Hall–Kier alpha value is -1.96. The molecule has 2 aliphatic heterocycles. The third kappa shape index (κ3) is 3.47. The number of piperidine rings is 1. The Balaban J connectivity index is 1.70. The monoisotopic (exact) mass is 375 g/mol. The van der Waals surface area contributed by atoms with Gasteiger partial charge in [0.05, 0.1) is 0 Å². The third-order valence-corrected chi connectivity index (χ3v) is 6.25. The second kappa shape index (κ2) is 7.34. The summed E-state index contributed by atoms with van der Waals surface area (Å²) in [6.45, 7) is 5.66. The fraction of sp³-hybridized carbons (Fsp3) is 0.667. The zero-order valence-electron chi connectivity index (χ0n) is 15.2. The molecule has 1 atom stereocenters. The molecule has 2 aromatic heterocycles. The Labute approximate surface area is 156 Å². The number of hydrogen-bond donors (Lipinski definition) is 0. The SMILES string of the molecule is C[C@H]1CCCN(c2nn3c(C(=O)N4CCCCCC4)cc(=O)nc3s2)C1. The number of nitrogens with zero attached hydrogens (tertiary/aromatic N) is 5. The van der Waals surface area contributed by atoms with Gasteiger partial charge in [-0.1, -0.05) is 31.1 Å². The van der Waals surface area contributed by atoms with E-state index in [4.69, 9.17) is 0 Å². The van der Waals surface area contributed by atoms with Crippen LogP contribution in [0.4, 0.5) is 5.13 Å². The number of amides is 1. The van der Waals surface area contributed by atoms with Gasteiger partial charge in [-0.25, -0.2) is 0 Å². The van der Waals surface area contributed by atoms with E-state index in [1.54, 1.807) is 4.52 Å². The highest BCUT2D eigenvalue weighted by molar-refractivity contribution is 7.20. The van der Waals surface area contributed by atoms with E-state index in [0.717, 1.165) is 63.4 Å². The highest BCUT2D eigenvalue weighted by Gasteiger charge is 2.24. The normalized spacial score (nSPS) is 21.8. The summed E-state index contributed by atoms with van der Waals surface area (Å²) < 4.78 is 1.58. The van der Waals surface area contributed by atoms with Gasteiger partial charge in [-0.3, -0.25) is 9.59 Å². The Kier molecular flexibility index (Phi) is 4.93. The lowest BCUT2D eigenvalue weighted by Gasteiger charge is -2.30. The topological polar surface area (TPSA) is 70.8 Å². The molecule has 0 radical (unpaired) electrons. The van der Waals surface area contributed by atoms with Gasteiger partial charge in [0.25, 0.3) is 11.5 Å². The smallest absolute Gasteiger partial charge is 0.274 e. The summed E-state index contributed by atoms with van der Waals surface area (Å²) in [4.78, 5) is 33.8. The number of likely N-dealkylation sites (tertiary alicyclic amines) is 1. The molecule has 0 aliphatic carbocycles. The summed E-state index contributed by atoms with van der Waals surface area (Å²) in [6, 6.07) is 1.34. The molecule has 0 saturated carbocycles. The molecule has 0 bridgehead atoms. The molecule has 8 heteroatoms. The van der Waals surface area contributed by atoms with E-state index in [1.807, 2.05) is 4.90 Å². The van der Waals surface area contributed by atoms with Gasteiger partial charge in [-0.15, -0.1) is 5.10 Å². The average molecular weight is 375 g/mol. The van der Waals surface area contributed by atoms with Crippen molar-refractivity contribution in [3.8, 4) is 0 Å². The largest absolute Gasteiger partial charge is 0.346 e. The Morgan fingerprint density at radius 1 is 1.15 bits per heavy atom. The van der Waals surface area contributed by atoms with Crippen LogP contribution in [0.3, 0.4) is 0 Å². The molecule has 140 valence electrons. The minimum Gasteiger partial charge on any atom is -0.346 e. The van der Waals surface area contributed by atoms with E-state index in [1.165, 1.54) is 23.8 Å². The molecule has 0 unspecified atom stereocenters. The summed E-state index contributed by atoms with van der Waals surface area (Å²) in [5.74, 6) is 0.521. The van der Waals surface area contributed by atoms with Crippen LogP contribution in [-0.4, -0.2) is 51.6 Å². The maximum atomic E-state index is 13.0. The van der Waals surface area contributed by atoms with Gasteiger partial charge in [0.1, 0.15) is 5.69 Å². The van der Waals surface area contributed by atoms with Crippen LogP contribution in [0.1, 0.15) is 55.9 Å². The van der Waals surface area contributed by atoms with Crippen LogP contribution in [0, 0.1) is 5.92 Å². The molecule has 2 aromatic rings. The van der Waals surface area contributed by atoms with Crippen molar-refractivity contribution in [3.05, 3.63) is 22.1 Å². The first-order valence-electron chi connectivity index (χ1n) is 9.57. The van der Waals surface area contributed by atoms with Crippen molar-refractivity contribution < 1.29 is 4.79 Å². The minimum atomic E-state index is -0.370. The predicted octanol–water partition coefficient (Wildman–Crippen LogP) is 2.40. The van der Waals surface area contributed by atoms with Gasteiger partial charge in [-0.2, -0.15) is 9.50 Å². The average Bonchev–Trinajstić information content (AvgIpc) is 2.86. The number of anilines is 1. The molecule has 0 spiro atoms. The van der Waals surface area contributed by atoms with Crippen LogP contribution in [-0.2, 0) is 0 Å². The van der Waals surface area contributed by atoms with E-state index in [-0.39, 0.29) is 11.5 Å². The Morgan fingerprint density at radius 2 is 1.92 bits per heavy atom. The minimum absolute atomic E-state index is 0.106. The van der Waals surface area contributed by atoms with E-state index in [9.17, 15) is 9.59 Å². The first-order valence-corrected chi connectivity index (χ1v) is 10.4. The van der Waals surface area contributed by atoms with Crippen molar-refractivity contribution in [2.45, 2.75) is 45.4 Å². The third-order valence-electron chi connectivity index (χ3n) is 5.28. The van der Waals surface area contributed by atoms with Gasteiger partial charge < -0.3 is 9.80 Å². The molecule has 2 aliphatic rings. The number of carbonyl (C=O) groups is 1. The predicted molar refractivity (Wildman–Crippen MR) is 102 cm³/mol. The van der Waals surface area contributed by atoms with Crippen LogP contribution < -0.4 is 10.5 Å². The van der Waals surface area contributed by atoms with Crippen LogP contribution >= 0.6 is 11.3 Å². The van der Waals surface area contributed by atoms with Gasteiger partial charge in [-0.05, 0) is 31.6 Å². The first-order chi connectivity index (χ1) is 12.6. The van der Waals surface area contributed by atoms with E-state index in [2.05, 4.69) is 21.9 Å². The van der Waals surface area contributed by atoms with Gasteiger partial charge >= 0.3 is 0 Å². The lowest BCUT2D eigenvalue weighted by Crippen LogP contribution is -2.35. The second-order valence-electron chi connectivity index (χ2n) is 7.46. The summed E-state index contributed by atoms with van der Waals surface area (Å²) in [6.07, 6.45) is 6.72. The number of hydrogen-bond acceptors (Lipinski definition) is 6. The molecular weight excluding hydrogens is 350 g/mol. The van der Waals surface area contributed by atoms with E-state index < -0.39 is 0 Å². The maximum Gasteiger partial charge on any atom is 0.274 e. The summed E-state index contributed by atoms with van der Waals surface area (Å²) in [7, 11) is 0. The number of carbonyl (C=O) groups excluding carboxylic acids is 1. The van der Waals surface area contributed by atoms with Crippen molar-refractivity contribution >= 4 is 27.3 Å². The van der Waals surface area contributed by atoms with Gasteiger partial charge in [0.15, 0.2) is 0 Å². The van der Waals surface area contributed by atoms with E-state index >= 15 is 0 Å². The quantitative estimate of drug-likeness (QED) is 0.806. The number of aromatic nitrogens is 3. The zero-order valence-corrected chi connectivity index (χ0v) is 16.0. The summed E-state index contributed by atoms with van der Waals surface area (Å²) in [5, 5.41) is 5.51. The Bertz CT molecular complexity index is 853. The first kappa shape index (κ1) is 17.5. The molecule has 0 N–H and O–H groups in total. The molecule has 4 rings (SSSR count). The fourth-order valence-corrected chi connectivity index (χ4v) is 4.83. The van der Waals surface area contributed by atoms with Crippen molar-refractivity contribution in [2.75, 3.05) is 31.1 Å². The zero-order chi connectivity index (χ0) is 18.1. The van der Waals surface area contributed by atoms with Crippen molar-refractivity contribution in [2.24, 2.45) is 5.92 Å². The lowest BCUT2D eigenvalue weighted by molar-refractivity contribution is 0.0752. The van der Waals surface area contributed by atoms with Crippen molar-refractivity contribution in [1.29, 1.82) is 0 Å². The highest BCUT2D eigenvalue weighted by Crippen LogP contribution is 2.27. The number of fused-ring (bicyclic) bond motifs is 1. The number of rotatable bonds is 2. The fourth-order valence-electron chi connectivity index (χ4n) is 3.88. The van der Waals surface area contributed by atoms with E-state index in [0.29, 0.717) is 16.6 Å². The molecule has 0 aromatic carbocycles. The lowest BCUT2D eigenvalue weighted by atomic mass is 10.0. The molecule has 4 heterocycles. The van der Waals surface area contributed by atoms with Crippen LogP contribution in [0.15, 0.2) is 10.9 Å². The Morgan fingerprint density at radius 3 is 2.65 bits per heavy atom. The highest BCUT2D eigenvalue weighted by atomic mass is 32.1. The molecule has 26 heavy (non-hydrogen) atoms. The summed E-state index contributed by atoms with van der Waals surface area (Å²) in [5.41, 5.74) is -0.0279. The van der Waals surface area contributed by atoms with Crippen LogP contribution in [0.25, 0.3) is 4.96 Å².